The van der Waals surface area contributed by atoms with E-state index >= 15 is 0 Å². The second-order valence-corrected chi connectivity index (χ2v) is 8.11. The first-order valence-electron chi connectivity index (χ1n) is 8.15. The smallest absolute Gasteiger partial charge is 0.265 e. The lowest BCUT2D eigenvalue weighted by Crippen LogP contribution is -2.49. The van der Waals surface area contributed by atoms with Crippen molar-refractivity contribution < 1.29 is 4.79 Å². The van der Waals surface area contributed by atoms with Crippen molar-refractivity contribution in [3.63, 3.8) is 0 Å². The summed E-state index contributed by atoms with van der Waals surface area (Å²) in [5.41, 5.74) is 2.66. The number of thiazole rings is 1. The number of carbonyl (C=O) groups excluding carboxylic acids is 1. The van der Waals surface area contributed by atoms with E-state index in [1.807, 2.05) is 4.90 Å². The number of piperazine rings is 1. The Morgan fingerprint density at radius 2 is 1.92 bits per heavy atom. The zero-order valence-corrected chi connectivity index (χ0v) is 17.0. The monoisotopic (exact) mass is 394 g/mol. The van der Waals surface area contributed by atoms with E-state index < -0.39 is 0 Å². The second-order valence-electron chi connectivity index (χ2n) is 7.26. The lowest BCUT2D eigenvalue weighted by Gasteiger charge is -2.32. The van der Waals surface area contributed by atoms with Crippen LogP contribution in [0, 0.1) is 0 Å². The van der Waals surface area contributed by atoms with Crippen LogP contribution in [0.2, 0.25) is 0 Å². The van der Waals surface area contributed by atoms with Crippen LogP contribution in [0.15, 0.2) is 5.51 Å². The van der Waals surface area contributed by atoms with Gasteiger partial charge in [-0.15, -0.1) is 36.2 Å². The fraction of sp³-hybridized carbons (Fsp3) is 0.750. The number of hydrogen-bond donors (Lipinski definition) is 1. The Kier molecular flexibility index (Phi) is 7.94. The number of carbonyl (C=O) groups is 1. The Bertz CT molecular complexity index is 540. The molecule has 1 aromatic heterocycles. The van der Waals surface area contributed by atoms with Gasteiger partial charge in [-0.05, 0) is 6.42 Å². The molecule has 1 unspecified atom stereocenters. The van der Waals surface area contributed by atoms with Gasteiger partial charge in [-0.2, -0.15) is 0 Å². The molecule has 24 heavy (non-hydrogen) atoms. The highest BCUT2D eigenvalue weighted by molar-refractivity contribution is 7.11. The quantitative estimate of drug-likeness (QED) is 0.836. The summed E-state index contributed by atoms with van der Waals surface area (Å²) in [5, 5.41) is 3.39. The molecule has 0 radical (unpaired) electrons. The van der Waals surface area contributed by atoms with E-state index in [9.17, 15) is 4.79 Å². The van der Waals surface area contributed by atoms with Gasteiger partial charge in [-0.1, -0.05) is 20.8 Å². The topological polar surface area (TPSA) is 48.5 Å². The highest BCUT2D eigenvalue weighted by Gasteiger charge is 2.34. The molecular weight excluding hydrogens is 367 g/mol. The average molecular weight is 395 g/mol. The summed E-state index contributed by atoms with van der Waals surface area (Å²) in [6.45, 7) is 12.4. The van der Waals surface area contributed by atoms with Gasteiger partial charge in [0.05, 0.1) is 11.2 Å². The fourth-order valence-corrected chi connectivity index (χ4v) is 4.31. The van der Waals surface area contributed by atoms with Crippen molar-refractivity contribution in [2.24, 2.45) is 0 Å². The van der Waals surface area contributed by atoms with Crippen LogP contribution in [0.3, 0.4) is 0 Å². The SMILES string of the molecule is CC(C)(C)c1ncsc1C(=O)N1CCC(N2CCNCC2)C1.Cl.Cl. The van der Waals surface area contributed by atoms with Gasteiger partial charge in [0.2, 0.25) is 0 Å². The first kappa shape index (κ1) is 21.6. The van der Waals surface area contributed by atoms with Gasteiger partial charge in [-0.3, -0.25) is 9.69 Å². The molecule has 138 valence electrons. The van der Waals surface area contributed by atoms with Crippen LogP contribution in [0.25, 0.3) is 0 Å². The minimum absolute atomic E-state index is 0. The van der Waals surface area contributed by atoms with Crippen molar-refractivity contribution in [2.75, 3.05) is 39.3 Å². The molecule has 1 atom stereocenters. The van der Waals surface area contributed by atoms with Crippen molar-refractivity contribution in [1.82, 2.24) is 20.1 Å². The fourth-order valence-electron chi connectivity index (χ4n) is 3.35. The number of halogens is 2. The maximum atomic E-state index is 12.9. The molecule has 2 fully saturated rings. The molecule has 0 spiro atoms. The first-order valence-corrected chi connectivity index (χ1v) is 9.03. The summed E-state index contributed by atoms with van der Waals surface area (Å²) in [7, 11) is 0. The zero-order valence-electron chi connectivity index (χ0n) is 14.6. The summed E-state index contributed by atoms with van der Waals surface area (Å²) in [4.78, 5) is 22.7. The Labute approximate surface area is 161 Å². The van der Waals surface area contributed by atoms with Gasteiger partial charge in [-0.25, -0.2) is 4.98 Å². The van der Waals surface area contributed by atoms with Gasteiger partial charge in [0.1, 0.15) is 4.88 Å². The Morgan fingerprint density at radius 1 is 1.25 bits per heavy atom. The van der Waals surface area contributed by atoms with E-state index in [1.54, 1.807) is 5.51 Å². The number of rotatable bonds is 2. The third-order valence-electron chi connectivity index (χ3n) is 4.59. The number of likely N-dealkylation sites (tertiary alicyclic amines) is 1. The molecule has 1 amide bonds. The predicted molar refractivity (Wildman–Crippen MR) is 104 cm³/mol. The van der Waals surface area contributed by atoms with Gasteiger partial charge >= 0.3 is 0 Å². The molecular formula is C16H28Cl2N4OS. The predicted octanol–water partition coefficient (Wildman–Crippen LogP) is 2.40. The molecule has 2 aliphatic heterocycles. The molecule has 1 aromatic rings. The first-order chi connectivity index (χ1) is 10.5. The number of nitrogens with one attached hydrogen (secondary N) is 1. The van der Waals surface area contributed by atoms with E-state index in [1.165, 1.54) is 11.3 Å². The zero-order chi connectivity index (χ0) is 15.7. The lowest BCUT2D eigenvalue weighted by molar-refractivity contribution is 0.0775. The van der Waals surface area contributed by atoms with Crippen molar-refractivity contribution in [3.8, 4) is 0 Å². The van der Waals surface area contributed by atoms with Gasteiger partial charge in [0.25, 0.3) is 5.91 Å². The van der Waals surface area contributed by atoms with E-state index in [-0.39, 0.29) is 36.1 Å². The van der Waals surface area contributed by atoms with Gasteiger partial charge in [0.15, 0.2) is 0 Å². The molecule has 2 aliphatic rings. The van der Waals surface area contributed by atoms with Crippen LogP contribution >= 0.6 is 36.2 Å². The molecule has 0 saturated carbocycles. The summed E-state index contributed by atoms with van der Waals surface area (Å²) in [6.07, 6.45) is 1.09. The molecule has 1 N–H and O–H groups in total. The third-order valence-corrected chi connectivity index (χ3v) is 5.41. The van der Waals surface area contributed by atoms with Crippen LogP contribution in [0.5, 0.6) is 0 Å². The van der Waals surface area contributed by atoms with Gasteiger partial charge < -0.3 is 10.2 Å². The molecule has 5 nitrogen and oxygen atoms in total. The maximum Gasteiger partial charge on any atom is 0.265 e. The summed E-state index contributed by atoms with van der Waals surface area (Å²) < 4.78 is 0. The molecule has 0 aromatic carbocycles. The van der Waals surface area contributed by atoms with E-state index in [2.05, 4.69) is 36.0 Å². The highest BCUT2D eigenvalue weighted by Crippen LogP contribution is 2.29. The van der Waals surface area contributed by atoms with Crippen LogP contribution < -0.4 is 5.32 Å². The Hall–Kier alpha value is -0.400. The Morgan fingerprint density at radius 3 is 2.54 bits per heavy atom. The lowest BCUT2D eigenvalue weighted by atomic mass is 9.91. The average Bonchev–Trinajstić information content (AvgIpc) is 3.16. The van der Waals surface area contributed by atoms with Crippen molar-refractivity contribution >= 4 is 42.1 Å². The highest BCUT2D eigenvalue weighted by atomic mass is 35.5. The molecule has 8 heteroatoms. The Balaban J connectivity index is 0.00000144. The normalized spacial score (nSPS) is 22.0. The summed E-state index contributed by atoms with van der Waals surface area (Å²) in [6, 6.07) is 0.525. The summed E-state index contributed by atoms with van der Waals surface area (Å²) >= 11 is 1.48. The van der Waals surface area contributed by atoms with Crippen LogP contribution in [0.4, 0.5) is 0 Å². The minimum Gasteiger partial charge on any atom is -0.336 e. The van der Waals surface area contributed by atoms with Crippen LogP contribution in [-0.2, 0) is 5.41 Å². The standard InChI is InChI=1S/C16H26N4OS.2ClH/c1-16(2,3)14-13(22-11-18-14)15(21)20-7-4-12(10-20)19-8-5-17-6-9-19;;/h11-12,17H,4-10H2,1-3H3;2*1H. The second kappa shape index (κ2) is 8.81. The molecule has 3 heterocycles. The van der Waals surface area contributed by atoms with Crippen molar-refractivity contribution in [2.45, 2.75) is 38.6 Å². The molecule has 2 saturated heterocycles. The van der Waals surface area contributed by atoms with E-state index in [0.29, 0.717) is 6.04 Å². The number of nitrogens with zero attached hydrogens (tertiary/aromatic N) is 3. The molecule has 0 bridgehead atoms. The number of amides is 1. The maximum absolute atomic E-state index is 12.9. The number of hydrogen-bond acceptors (Lipinski definition) is 5. The minimum atomic E-state index is -0.0807. The van der Waals surface area contributed by atoms with Crippen LogP contribution in [0.1, 0.15) is 42.6 Å². The van der Waals surface area contributed by atoms with E-state index in [0.717, 1.165) is 56.3 Å². The largest absolute Gasteiger partial charge is 0.336 e. The van der Waals surface area contributed by atoms with E-state index in [4.69, 9.17) is 0 Å². The van der Waals surface area contributed by atoms with Crippen LogP contribution in [-0.4, -0.2) is 66.0 Å². The summed E-state index contributed by atoms with van der Waals surface area (Å²) in [5.74, 6) is 0.171. The third kappa shape index (κ3) is 4.61. The molecule has 0 aliphatic carbocycles. The van der Waals surface area contributed by atoms with Gasteiger partial charge in [0, 0.05) is 50.7 Å². The number of aromatic nitrogens is 1. The van der Waals surface area contributed by atoms with Crippen molar-refractivity contribution in [3.05, 3.63) is 16.1 Å². The molecule has 3 rings (SSSR count). The van der Waals surface area contributed by atoms with Crippen molar-refractivity contribution in [1.29, 1.82) is 0 Å².